The van der Waals surface area contributed by atoms with Crippen molar-refractivity contribution in [1.82, 2.24) is 10.3 Å². The molecule has 1 aromatic rings. The molecule has 17 heavy (non-hydrogen) atoms. The van der Waals surface area contributed by atoms with E-state index in [1.165, 1.54) is 23.5 Å². The molecule has 1 atom stereocenters. The largest absolute Gasteiger partial charge is 0.315 e. The molecule has 0 amide bonds. The van der Waals surface area contributed by atoms with Gasteiger partial charge in [0.15, 0.2) is 0 Å². The summed E-state index contributed by atoms with van der Waals surface area (Å²) in [5.74, 6) is 0. The number of rotatable bonds is 6. The van der Waals surface area contributed by atoms with Crippen LogP contribution in [-0.4, -0.2) is 17.6 Å². The Balaban J connectivity index is 2.35. The topological polar surface area (TPSA) is 24.9 Å². The van der Waals surface area contributed by atoms with Gasteiger partial charge in [0.25, 0.3) is 0 Å². The molecule has 0 radical (unpaired) electrons. The van der Waals surface area contributed by atoms with Crippen molar-refractivity contribution in [3.05, 3.63) is 16.1 Å². The molecule has 0 saturated heterocycles. The molecule has 1 heterocycles. The quantitative estimate of drug-likeness (QED) is 0.836. The van der Waals surface area contributed by atoms with Crippen LogP contribution in [0, 0.1) is 0 Å². The van der Waals surface area contributed by atoms with Gasteiger partial charge in [0.05, 0.1) is 10.7 Å². The second-order valence-corrected chi connectivity index (χ2v) is 6.67. The Morgan fingerprint density at radius 2 is 2.12 bits per heavy atom. The first-order valence-corrected chi connectivity index (χ1v) is 7.49. The molecule has 1 unspecified atom stereocenters. The van der Waals surface area contributed by atoms with Gasteiger partial charge in [0, 0.05) is 16.8 Å². The van der Waals surface area contributed by atoms with Gasteiger partial charge < -0.3 is 5.32 Å². The van der Waals surface area contributed by atoms with Crippen LogP contribution in [0.1, 0.15) is 58.2 Å². The highest BCUT2D eigenvalue weighted by Gasteiger charge is 2.17. The van der Waals surface area contributed by atoms with Crippen LogP contribution in [0.4, 0.5) is 0 Å². The Morgan fingerprint density at radius 1 is 1.41 bits per heavy atom. The number of nitrogens with one attached hydrogen (secondary N) is 1. The molecule has 98 valence electrons. The standard InChI is InChI=1S/C14H26N2S/c1-6-15-11(2)8-7-9-13-16-12(10-17-13)14(3,4)5/h10-11,15H,6-9H2,1-5H3. The number of hydrogen-bond acceptors (Lipinski definition) is 3. The van der Waals surface area contributed by atoms with E-state index in [4.69, 9.17) is 4.98 Å². The first-order valence-electron chi connectivity index (χ1n) is 6.61. The highest BCUT2D eigenvalue weighted by atomic mass is 32.1. The lowest BCUT2D eigenvalue weighted by molar-refractivity contribution is 0.511. The first kappa shape index (κ1) is 14.7. The molecule has 1 N–H and O–H groups in total. The van der Waals surface area contributed by atoms with Crippen LogP contribution in [-0.2, 0) is 11.8 Å². The molecular weight excluding hydrogens is 228 g/mol. The zero-order valence-corrected chi connectivity index (χ0v) is 12.7. The fraction of sp³-hybridized carbons (Fsp3) is 0.786. The van der Waals surface area contributed by atoms with E-state index in [0.29, 0.717) is 6.04 Å². The molecule has 0 fully saturated rings. The molecule has 0 bridgehead atoms. The minimum atomic E-state index is 0.186. The van der Waals surface area contributed by atoms with E-state index < -0.39 is 0 Å². The number of aromatic nitrogens is 1. The summed E-state index contributed by atoms with van der Waals surface area (Å²) in [5.41, 5.74) is 1.42. The summed E-state index contributed by atoms with van der Waals surface area (Å²) in [6.07, 6.45) is 3.58. The summed E-state index contributed by atoms with van der Waals surface area (Å²) in [4.78, 5) is 4.72. The summed E-state index contributed by atoms with van der Waals surface area (Å²) in [6.45, 7) is 12.1. The van der Waals surface area contributed by atoms with Gasteiger partial charge >= 0.3 is 0 Å². The van der Waals surface area contributed by atoms with Gasteiger partial charge in [-0.2, -0.15) is 0 Å². The van der Waals surface area contributed by atoms with Crippen LogP contribution >= 0.6 is 11.3 Å². The Hall–Kier alpha value is -0.410. The number of aryl methyl sites for hydroxylation is 1. The van der Waals surface area contributed by atoms with Gasteiger partial charge in [-0.15, -0.1) is 11.3 Å². The van der Waals surface area contributed by atoms with Gasteiger partial charge in [-0.25, -0.2) is 4.98 Å². The van der Waals surface area contributed by atoms with Crippen molar-refractivity contribution in [2.24, 2.45) is 0 Å². The average Bonchev–Trinajstić information content (AvgIpc) is 2.66. The van der Waals surface area contributed by atoms with E-state index in [2.05, 4.69) is 45.3 Å². The maximum atomic E-state index is 4.72. The summed E-state index contributed by atoms with van der Waals surface area (Å²) < 4.78 is 0. The lowest BCUT2D eigenvalue weighted by atomic mass is 9.93. The fourth-order valence-corrected chi connectivity index (χ4v) is 2.85. The number of nitrogens with zero attached hydrogens (tertiary/aromatic N) is 1. The summed E-state index contributed by atoms with van der Waals surface area (Å²) in [5, 5.41) is 6.95. The van der Waals surface area contributed by atoms with E-state index in [1.54, 1.807) is 0 Å². The van der Waals surface area contributed by atoms with Gasteiger partial charge in [-0.1, -0.05) is 27.7 Å². The second-order valence-electron chi connectivity index (χ2n) is 5.73. The minimum absolute atomic E-state index is 0.186. The molecule has 0 aliphatic heterocycles. The third-order valence-corrected chi connectivity index (χ3v) is 3.81. The number of hydrogen-bond donors (Lipinski definition) is 1. The SMILES string of the molecule is CCNC(C)CCCc1nc(C(C)(C)C)cs1. The van der Waals surface area contributed by atoms with E-state index >= 15 is 0 Å². The van der Waals surface area contributed by atoms with E-state index in [-0.39, 0.29) is 5.41 Å². The molecule has 2 nitrogen and oxygen atoms in total. The maximum absolute atomic E-state index is 4.72. The lowest BCUT2D eigenvalue weighted by Gasteiger charge is -2.14. The molecule has 0 aliphatic carbocycles. The van der Waals surface area contributed by atoms with Crippen LogP contribution in [0.3, 0.4) is 0 Å². The van der Waals surface area contributed by atoms with Crippen LogP contribution in [0.5, 0.6) is 0 Å². The zero-order chi connectivity index (χ0) is 12.9. The van der Waals surface area contributed by atoms with Crippen molar-refractivity contribution in [2.75, 3.05) is 6.54 Å². The van der Waals surface area contributed by atoms with Gasteiger partial charge in [-0.05, 0) is 32.7 Å². The Kier molecular flexibility index (Phi) is 5.60. The van der Waals surface area contributed by atoms with Crippen LogP contribution < -0.4 is 5.32 Å². The van der Waals surface area contributed by atoms with Crippen LogP contribution in [0.25, 0.3) is 0 Å². The van der Waals surface area contributed by atoms with Gasteiger partial charge in [0.1, 0.15) is 0 Å². The minimum Gasteiger partial charge on any atom is -0.315 e. The molecule has 0 spiro atoms. The molecular formula is C14H26N2S. The third kappa shape index (κ3) is 5.17. The van der Waals surface area contributed by atoms with E-state index in [1.807, 2.05) is 11.3 Å². The highest BCUT2D eigenvalue weighted by molar-refractivity contribution is 7.09. The number of thiazole rings is 1. The van der Waals surface area contributed by atoms with Crippen molar-refractivity contribution in [3.8, 4) is 0 Å². The predicted octanol–water partition coefficient (Wildman–Crippen LogP) is 3.76. The van der Waals surface area contributed by atoms with E-state index in [0.717, 1.165) is 13.0 Å². The normalized spacial score (nSPS) is 13.9. The van der Waals surface area contributed by atoms with Crippen LogP contribution in [0.2, 0.25) is 0 Å². The van der Waals surface area contributed by atoms with Crippen molar-refractivity contribution in [2.45, 2.75) is 65.3 Å². The van der Waals surface area contributed by atoms with E-state index in [9.17, 15) is 0 Å². The highest BCUT2D eigenvalue weighted by Crippen LogP contribution is 2.24. The fourth-order valence-electron chi connectivity index (χ4n) is 1.78. The van der Waals surface area contributed by atoms with Crippen molar-refractivity contribution >= 4 is 11.3 Å². The Labute approximate surface area is 110 Å². The summed E-state index contributed by atoms with van der Waals surface area (Å²) in [7, 11) is 0. The molecule has 0 aromatic carbocycles. The molecule has 1 aromatic heterocycles. The Morgan fingerprint density at radius 3 is 2.65 bits per heavy atom. The predicted molar refractivity (Wildman–Crippen MR) is 76.9 cm³/mol. The average molecular weight is 254 g/mol. The monoisotopic (exact) mass is 254 g/mol. The summed E-state index contributed by atoms with van der Waals surface area (Å²) >= 11 is 1.81. The summed E-state index contributed by atoms with van der Waals surface area (Å²) in [6, 6.07) is 0.627. The lowest BCUT2D eigenvalue weighted by Crippen LogP contribution is -2.25. The Bertz CT molecular complexity index is 325. The third-order valence-electron chi connectivity index (χ3n) is 2.90. The smallest absolute Gasteiger partial charge is 0.0928 e. The maximum Gasteiger partial charge on any atom is 0.0928 e. The van der Waals surface area contributed by atoms with Gasteiger partial charge in [0.2, 0.25) is 0 Å². The van der Waals surface area contributed by atoms with Crippen molar-refractivity contribution in [1.29, 1.82) is 0 Å². The molecule has 3 heteroatoms. The second kappa shape index (κ2) is 6.50. The first-order chi connectivity index (χ1) is 7.93. The van der Waals surface area contributed by atoms with Crippen molar-refractivity contribution in [3.63, 3.8) is 0 Å². The van der Waals surface area contributed by atoms with Crippen molar-refractivity contribution < 1.29 is 0 Å². The molecule has 0 saturated carbocycles. The zero-order valence-electron chi connectivity index (χ0n) is 11.8. The van der Waals surface area contributed by atoms with Crippen LogP contribution in [0.15, 0.2) is 5.38 Å². The van der Waals surface area contributed by atoms with Gasteiger partial charge in [-0.3, -0.25) is 0 Å². The molecule has 1 rings (SSSR count). The molecule has 0 aliphatic rings.